The Kier molecular flexibility index (Phi) is 6.17. The molecule has 2 rings (SSSR count). The number of nitrogens with zero attached hydrogens (tertiary/aromatic N) is 2. The number of hydrogen-bond acceptors (Lipinski definition) is 3. The van der Waals surface area contributed by atoms with Crippen LogP contribution in [0.25, 0.3) is 0 Å². The molecule has 6 nitrogen and oxygen atoms in total. The van der Waals surface area contributed by atoms with Crippen LogP contribution >= 0.6 is 0 Å². The molecule has 0 spiro atoms. The first-order chi connectivity index (χ1) is 11.9. The lowest BCUT2D eigenvalue weighted by molar-refractivity contribution is -0.141. The summed E-state index contributed by atoms with van der Waals surface area (Å²) in [7, 11) is 0. The molecule has 1 aromatic rings. The van der Waals surface area contributed by atoms with Gasteiger partial charge in [-0.3, -0.25) is 14.4 Å². The smallest absolute Gasteiger partial charge is 0.308 e. The normalized spacial score (nSPS) is 14.7. The quantitative estimate of drug-likeness (QED) is 0.784. The van der Waals surface area contributed by atoms with Crippen molar-refractivity contribution in [3.8, 4) is 0 Å². The summed E-state index contributed by atoms with van der Waals surface area (Å²) in [4.78, 5) is 39.5. The molecule has 2 amide bonds. The Morgan fingerprint density at radius 3 is 1.92 bits per heavy atom. The van der Waals surface area contributed by atoms with Gasteiger partial charge < -0.3 is 14.9 Å². The Morgan fingerprint density at radius 1 is 1.04 bits per heavy atom. The van der Waals surface area contributed by atoms with Crippen LogP contribution in [0.3, 0.4) is 0 Å². The average molecular weight is 346 g/mol. The predicted octanol–water partition coefficient (Wildman–Crippen LogP) is 2.49. The Hall–Kier alpha value is -2.37. The molecule has 1 unspecified atom stereocenters. The zero-order chi connectivity index (χ0) is 18.6. The molecule has 1 aliphatic rings. The fourth-order valence-electron chi connectivity index (χ4n) is 2.77. The largest absolute Gasteiger partial charge is 0.481 e. The van der Waals surface area contributed by atoms with Crippen LogP contribution in [0, 0.1) is 5.92 Å². The summed E-state index contributed by atoms with van der Waals surface area (Å²) in [5, 5.41) is 9.10. The number of carbonyl (C=O) groups excluding carboxylic acids is 2. The zero-order valence-corrected chi connectivity index (χ0v) is 15.1. The molecule has 6 heteroatoms. The first kappa shape index (κ1) is 19.0. The minimum atomic E-state index is -0.904. The van der Waals surface area contributed by atoms with Gasteiger partial charge in [-0.1, -0.05) is 6.92 Å². The van der Waals surface area contributed by atoms with Crippen molar-refractivity contribution in [3.05, 3.63) is 35.4 Å². The van der Waals surface area contributed by atoms with Gasteiger partial charge in [-0.25, -0.2) is 0 Å². The topological polar surface area (TPSA) is 77.9 Å². The SMILES string of the molecule is CCN(CC)C(=O)c1ccc(C(=O)N(CC(C)C(=O)O)C2CC2)cc1. The van der Waals surface area contributed by atoms with E-state index in [1.807, 2.05) is 13.8 Å². The maximum Gasteiger partial charge on any atom is 0.308 e. The summed E-state index contributed by atoms with van der Waals surface area (Å²) in [5.74, 6) is -1.73. The van der Waals surface area contributed by atoms with Gasteiger partial charge >= 0.3 is 5.97 Å². The highest BCUT2D eigenvalue weighted by molar-refractivity contribution is 5.98. The third kappa shape index (κ3) is 4.59. The number of carbonyl (C=O) groups is 3. The zero-order valence-electron chi connectivity index (χ0n) is 15.1. The maximum atomic E-state index is 12.7. The summed E-state index contributed by atoms with van der Waals surface area (Å²) in [5.41, 5.74) is 1.04. The number of aliphatic carboxylic acids is 1. The lowest BCUT2D eigenvalue weighted by Crippen LogP contribution is -2.38. The fourth-order valence-corrected chi connectivity index (χ4v) is 2.77. The number of carboxylic acids is 1. The van der Waals surface area contributed by atoms with Crippen LogP contribution in [0.15, 0.2) is 24.3 Å². The molecule has 0 bridgehead atoms. The van der Waals surface area contributed by atoms with Crippen molar-refractivity contribution in [3.63, 3.8) is 0 Å². The first-order valence-electron chi connectivity index (χ1n) is 8.82. The summed E-state index contributed by atoms with van der Waals surface area (Å²) < 4.78 is 0. The Bertz CT molecular complexity index is 633. The number of amides is 2. The molecule has 1 fully saturated rings. The summed E-state index contributed by atoms with van der Waals surface area (Å²) in [6, 6.07) is 6.77. The van der Waals surface area contributed by atoms with E-state index < -0.39 is 11.9 Å². The molecule has 1 atom stereocenters. The van der Waals surface area contributed by atoms with E-state index in [1.165, 1.54) is 0 Å². The van der Waals surface area contributed by atoms with Crippen molar-refractivity contribution in [2.24, 2.45) is 5.92 Å². The second kappa shape index (κ2) is 8.14. The highest BCUT2D eigenvalue weighted by Crippen LogP contribution is 2.29. The Morgan fingerprint density at radius 2 is 1.52 bits per heavy atom. The van der Waals surface area contributed by atoms with Gasteiger partial charge in [0.1, 0.15) is 0 Å². The standard InChI is InChI=1S/C19H26N2O4/c1-4-20(5-2)17(22)14-6-8-15(9-7-14)18(23)21(16-10-11-16)12-13(3)19(24)25/h6-9,13,16H,4-5,10-12H2,1-3H3,(H,24,25). The van der Waals surface area contributed by atoms with Gasteiger partial charge in [0, 0.05) is 36.8 Å². The number of rotatable bonds is 8. The van der Waals surface area contributed by atoms with Crippen LogP contribution in [0.4, 0.5) is 0 Å². The van der Waals surface area contributed by atoms with Crippen LogP contribution in [0.1, 0.15) is 54.3 Å². The van der Waals surface area contributed by atoms with Gasteiger partial charge in [-0.15, -0.1) is 0 Å². The third-order valence-electron chi connectivity index (χ3n) is 4.57. The molecule has 1 aromatic carbocycles. The molecule has 0 aromatic heterocycles. The number of carboxylic acid groups (broad SMARTS) is 1. The molecule has 1 N–H and O–H groups in total. The van der Waals surface area contributed by atoms with E-state index in [4.69, 9.17) is 5.11 Å². The molecule has 0 saturated heterocycles. The van der Waals surface area contributed by atoms with Crippen molar-refractivity contribution in [2.45, 2.75) is 39.7 Å². The number of hydrogen-bond donors (Lipinski definition) is 1. The molecule has 0 radical (unpaired) electrons. The molecular weight excluding hydrogens is 320 g/mol. The summed E-state index contributed by atoms with van der Waals surface area (Å²) >= 11 is 0. The van der Waals surface area contributed by atoms with Gasteiger partial charge in [-0.05, 0) is 51.0 Å². The van der Waals surface area contributed by atoms with Crippen LogP contribution in [0.2, 0.25) is 0 Å². The molecule has 0 aliphatic heterocycles. The van der Waals surface area contributed by atoms with E-state index in [0.29, 0.717) is 24.2 Å². The van der Waals surface area contributed by atoms with Crippen LogP contribution in [-0.2, 0) is 4.79 Å². The van der Waals surface area contributed by atoms with Crippen molar-refractivity contribution in [2.75, 3.05) is 19.6 Å². The maximum absolute atomic E-state index is 12.7. The highest BCUT2D eigenvalue weighted by Gasteiger charge is 2.35. The second-order valence-electron chi connectivity index (χ2n) is 6.48. The van der Waals surface area contributed by atoms with E-state index in [2.05, 4.69) is 0 Å². The van der Waals surface area contributed by atoms with Gasteiger partial charge in [0.2, 0.25) is 0 Å². The Balaban J connectivity index is 2.13. The molecule has 0 heterocycles. The average Bonchev–Trinajstić information content (AvgIpc) is 3.44. The molecule has 1 saturated carbocycles. The molecule has 25 heavy (non-hydrogen) atoms. The van der Waals surface area contributed by atoms with Gasteiger partial charge in [-0.2, -0.15) is 0 Å². The monoisotopic (exact) mass is 346 g/mol. The minimum Gasteiger partial charge on any atom is -0.481 e. The second-order valence-corrected chi connectivity index (χ2v) is 6.48. The van der Waals surface area contributed by atoms with Crippen LogP contribution in [0.5, 0.6) is 0 Å². The van der Waals surface area contributed by atoms with E-state index in [1.54, 1.807) is 41.0 Å². The van der Waals surface area contributed by atoms with E-state index in [9.17, 15) is 14.4 Å². The number of benzene rings is 1. The summed E-state index contributed by atoms with van der Waals surface area (Å²) in [6.45, 7) is 6.94. The highest BCUT2D eigenvalue weighted by atomic mass is 16.4. The van der Waals surface area contributed by atoms with E-state index in [0.717, 1.165) is 12.8 Å². The lowest BCUT2D eigenvalue weighted by Gasteiger charge is -2.24. The first-order valence-corrected chi connectivity index (χ1v) is 8.82. The summed E-state index contributed by atoms with van der Waals surface area (Å²) in [6.07, 6.45) is 1.83. The molecule has 136 valence electrons. The van der Waals surface area contributed by atoms with Crippen LogP contribution < -0.4 is 0 Å². The third-order valence-corrected chi connectivity index (χ3v) is 4.57. The van der Waals surface area contributed by atoms with E-state index in [-0.39, 0.29) is 24.4 Å². The minimum absolute atomic E-state index is 0.0532. The van der Waals surface area contributed by atoms with Crippen molar-refractivity contribution in [1.82, 2.24) is 9.80 Å². The lowest BCUT2D eigenvalue weighted by atomic mass is 10.1. The molecule has 1 aliphatic carbocycles. The van der Waals surface area contributed by atoms with Crippen LogP contribution in [-0.4, -0.2) is 58.4 Å². The van der Waals surface area contributed by atoms with Gasteiger partial charge in [0.15, 0.2) is 0 Å². The van der Waals surface area contributed by atoms with Crippen molar-refractivity contribution in [1.29, 1.82) is 0 Å². The van der Waals surface area contributed by atoms with Crippen molar-refractivity contribution >= 4 is 17.8 Å². The van der Waals surface area contributed by atoms with Gasteiger partial charge in [0.05, 0.1) is 5.92 Å². The van der Waals surface area contributed by atoms with Gasteiger partial charge in [0.25, 0.3) is 11.8 Å². The van der Waals surface area contributed by atoms with E-state index >= 15 is 0 Å². The predicted molar refractivity (Wildman–Crippen MR) is 94.6 cm³/mol. The Labute approximate surface area is 148 Å². The fraction of sp³-hybridized carbons (Fsp3) is 0.526. The van der Waals surface area contributed by atoms with Crippen molar-refractivity contribution < 1.29 is 19.5 Å². The molecular formula is C19H26N2O4.